The molecule has 17 heavy (non-hydrogen) atoms. The Hall–Kier alpha value is -1.36. The Balaban J connectivity index is 2.40. The third kappa shape index (κ3) is 4.99. The Bertz CT molecular complexity index is 323. The van der Waals surface area contributed by atoms with Crippen LogP contribution in [-0.4, -0.2) is 46.4 Å². The molecule has 0 amide bonds. The van der Waals surface area contributed by atoms with Gasteiger partial charge < -0.3 is 4.74 Å². The molecule has 0 aliphatic rings. The molecule has 0 aliphatic heterocycles. The molecule has 0 N–H and O–H groups in total. The molecule has 0 aromatic carbocycles. The predicted molar refractivity (Wildman–Crippen MR) is 65.6 cm³/mol. The first-order valence-corrected chi connectivity index (χ1v) is 6.00. The molecule has 0 spiro atoms. The van der Waals surface area contributed by atoms with Crippen molar-refractivity contribution < 1.29 is 9.53 Å². The fourth-order valence-corrected chi connectivity index (χ4v) is 1.56. The minimum absolute atomic E-state index is 0.165. The Labute approximate surface area is 102 Å². The van der Waals surface area contributed by atoms with Gasteiger partial charge in [0.25, 0.3) is 0 Å². The molecule has 0 fully saturated rings. The zero-order valence-electron chi connectivity index (χ0n) is 10.8. The van der Waals surface area contributed by atoms with E-state index in [0.717, 1.165) is 13.1 Å². The first-order valence-electron chi connectivity index (χ1n) is 6.00. The van der Waals surface area contributed by atoms with Crippen LogP contribution >= 0.6 is 0 Å². The van der Waals surface area contributed by atoms with Crippen LogP contribution in [0.2, 0.25) is 0 Å². The second-order valence-corrected chi connectivity index (χ2v) is 4.14. The van der Waals surface area contributed by atoms with Gasteiger partial charge >= 0.3 is 5.97 Å². The smallest absolute Gasteiger partial charge is 0.320 e. The second-order valence-electron chi connectivity index (χ2n) is 4.14. The number of rotatable bonds is 7. The molecular formula is C12H21N3O2. The monoisotopic (exact) mass is 239 g/mol. The van der Waals surface area contributed by atoms with Gasteiger partial charge in [-0.05, 0) is 26.8 Å². The van der Waals surface area contributed by atoms with Gasteiger partial charge in [0.1, 0.15) is 0 Å². The Kier molecular flexibility index (Phi) is 5.69. The van der Waals surface area contributed by atoms with Gasteiger partial charge in [-0.3, -0.25) is 14.4 Å². The fraction of sp³-hybridized carbons (Fsp3) is 0.667. The molecule has 1 aromatic rings. The van der Waals surface area contributed by atoms with Gasteiger partial charge in [0.15, 0.2) is 0 Å². The van der Waals surface area contributed by atoms with Gasteiger partial charge in [-0.2, -0.15) is 5.10 Å². The molecule has 96 valence electrons. The third-order valence-corrected chi connectivity index (χ3v) is 2.54. The molecule has 5 nitrogen and oxygen atoms in total. The van der Waals surface area contributed by atoms with Crippen LogP contribution in [0.3, 0.4) is 0 Å². The SMILES string of the molecule is CCOC(=O)CN(CCn1cccn1)C(C)C. The van der Waals surface area contributed by atoms with Crippen molar-refractivity contribution >= 4 is 5.97 Å². The van der Waals surface area contributed by atoms with E-state index in [-0.39, 0.29) is 5.97 Å². The van der Waals surface area contributed by atoms with Crippen LogP contribution in [0.4, 0.5) is 0 Å². The number of aromatic nitrogens is 2. The Morgan fingerprint density at radius 3 is 2.82 bits per heavy atom. The van der Waals surface area contributed by atoms with Crippen LogP contribution in [0.1, 0.15) is 20.8 Å². The van der Waals surface area contributed by atoms with Crippen molar-refractivity contribution in [1.82, 2.24) is 14.7 Å². The van der Waals surface area contributed by atoms with Gasteiger partial charge in [-0.15, -0.1) is 0 Å². The average Bonchev–Trinajstić information content (AvgIpc) is 2.77. The van der Waals surface area contributed by atoms with Crippen molar-refractivity contribution in [2.75, 3.05) is 19.7 Å². The molecule has 1 rings (SSSR count). The van der Waals surface area contributed by atoms with E-state index >= 15 is 0 Å². The number of hydrogen-bond acceptors (Lipinski definition) is 4. The summed E-state index contributed by atoms with van der Waals surface area (Å²) in [4.78, 5) is 13.5. The summed E-state index contributed by atoms with van der Waals surface area (Å²) in [5, 5.41) is 4.14. The Morgan fingerprint density at radius 2 is 2.29 bits per heavy atom. The molecule has 0 bridgehead atoms. The van der Waals surface area contributed by atoms with E-state index in [1.807, 2.05) is 23.9 Å². The van der Waals surface area contributed by atoms with Crippen molar-refractivity contribution in [1.29, 1.82) is 0 Å². The van der Waals surface area contributed by atoms with E-state index in [4.69, 9.17) is 4.74 Å². The van der Waals surface area contributed by atoms with Crippen LogP contribution < -0.4 is 0 Å². The summed E-state index contributed by atoms with van der Waals surface area (Å²) in [7, 11) is 0. The maximum Gasteiger partial charge on any atom is 0.320 e. The van der Waals surface area contributed by atoms with E-state index in [1.54, 1.807) is 6.20 Å². The number of esters is 1. The summed E-state index contributed by atoms with van der Waals surface area (Å²) in [6.07, 6.45) is 3.67. The minimum Gasteiger partial charge on any atom is -0.465 e. The summed E-state index contributed by atoms with van der Waals surface area (Å²) < 4.78 is 6.82. The van der Waals surface area contributed by atoms with Gasteiger partial charge in [0, 0.05) is 25.0 Å². The number of nitrogens with zero attached hydrogens (tertiary/aromatic N) is 3. The summed E-state index contributed by atoms with van der Waals surface area (Å²) in [6.45, 7) is 8.31. The van der Waals surface area contributed by atoms with Gasteiger partial charge in [-0.1, -0.05) is 0 Å². The maximum absolute atomic E-state index is 11.4. The van der Waals surface area contributed by atoms with E-state index in [9.17, 15) is 4.79 Å². The van der Waals surface area contributed by atoms with Gasteiger partial charge in [-0.25, -0.2) is 0 Å². The van der Waals surface area contributed by atoms with Crippen LogP contribution in [0.5, 0.6) is 0 Å². The number of carbonyl (C=O) groups is 1. The number of ether oxygens (including phenoxy) is 1. The highest BCUT2D eigenvalue weighted by Gasteiger charge is 2.14. The predicted octanol–water partition coefficient (Wildman–Crippen LogP) is 1.16. The molecule has 0 saturated carbocycles. The zero-order valence-corrected chi connectivity index (χ0v) is 10.8. The van der Waals surface area contributed by atoms with Crippen molar-refractivity contribution in [2.24, 2.45) is 0 Å². The lowest BCUT2D eigenvalue weighted by Crippen LogP contribution is -2.38. The molecular weight excluding hydrogens is 218 g/mol. The molecule has 0 unspecified atom stereocenters. The van der Waals surface area contributed by atoms with E-state index in [1.165, 1.54) is 0 Å². The highest BCUT2D eigenvalue weighted by Crippen LogP contribution is 2.00. The lowest BCUT2D eigenvalue weighted by Gasteiger charge is -2.25. The van der Waals surface area contributed by atoms with Crippen molar-refractivity contribution in [3.8, 4) is 0 Å². The van der Waals surface area contributed by atoms with Gasteiger partial charge in [0.05, 0.1) is 19.7 Å². The second kappa shape index (κ2) is 7.06. The first kappa shape index (κ1) is 13.7. The van der Waals surface area contributed by atoms with Gasteiger partial charge in [0.2, 0.25) is 0 Å². The van der Waals surface area contributed by atoms with Crippen molar-refractivity contribution in [3.63, 3.8) is 0 Å². The minimum atomic E-state index is -0.165. The fourth-order valence-electron chi connectivity index (χ4n) is 1.56. The van der Waals surface area contributed by atoms with Crippen LogP contribution in [0.15, 0.2) is 18.5 Å². The molecule has 0 radical (unpaired) electrons. The topological polar surface area (TPSA) is 47.4 Å². The largest absolute Gasteiger partial charge is 0.465 e. The molecule has 0 saturated heterocycles. The lowest BCUT2D eigenvalue weighted by molar-refractivity contribution is -0.144. The van der Waals surface area contributed by atoms with Crippen LogP contribution in [0.25, 0.3) is 0 Å². The van der Waals surface area contributed by atoms with E-state index in [0.29, 0.717) is 19.2 Å². The molecule has 0 aliphatic carbocycles. The standard InChI is InChI=1S/C12H21N3O2/c1-4-17-12(16)10-14(11(2)3)8-9-15-7-5-6-13-15/h5-7,11H,4,8-10H2,1-3H3. The van der Waals surface area contributed by atoms with E-state index in [2.05, 4.69) is 23.8 Å². The van der Waals surface area contributed by atoms with E-state index < -0.39 is 0 Å². The maximum atomic E-state index is 11.4. The molecule has 0 atom stereocenters. The van der Waals surface area contributed by atoms with Crippen LogP contribution in [0, 0.1) is 0 Å². The summed E-state index contributed by atoms with van der Waals surface area (Å²) in [5.74, 6) is -0.165. The lowest BCUT2D eigenvalue weighted by atomic mass is 10.3. The molecule has 1 aromatic heterocycles. The quantitative estimate of drug-likeness (QED) is 0.670. The summed E-state index contributed by atoms with van der Waals surface area (Å²) in [6, 6.07) is 2.21. The van der Waals surface area contributed by atoms with Crippen molar-refractivity contribution in [3.05, 3.63) is 18.5 Å². The average molecular weight is 239 g/mol. The highest BCUT2D eigenvalue weighted by atomic mass is 16.5. The number of hydrogen-bond donors (Lipinski definition) is 0. The normalized spacial score (nSPS) is 11.1. The molecule has 1 heterocycles. The zero-order chi connectivity index (χ0) is 12.7. The third-order valence-electron chi connectivity index (χ3n) is 2.54. The summed E-state index contributed by atoms with van der Waals surface area (Å²) >= 11 is 0. The van der Waals surface area contributed by atoms with Crippen LogP contribution in [-0.2, 0) is 16.1 Å². The Morgan fingerprint density at radius 1 is 1.53 bits per heavy atom. The molecule has 5 heteroatoms. The first-order chi connectivity index (χ1) is 8.13. The van der Waals surface area contributed by atoms with Crippen molar-refractivity contribution in [2.45, 2.75) is 33.4 Å². The summed E-state index contributed by atoms with van der Waals surface area (Å²) in [5.41, 5.74) is 0. The number of carbonyl (C=O) groups excluding carboxylic acids is 1. The highest BCUT2D eigenvalue weighted by molar-refractivity contribution is 5.71.